The predicted octanol–water partition coefficient (Wildman–Crippen LogP) is 1.90. The first-order valence-electron chi connectivity index (χ1n) is 7.26. The van der Waals surface area contributed by atoms with E-state index >= 15 is 0 Å². The maximum absolute atomic E-state index is 4.71. The molecule has 21 heavy (non-hydrogen) atoms. The molecule has 3 rings (SSSR count). The summed E-state index contributed by atoms with van der Waals surface area (Å²) >= 11 is 1.51. The number of piperazine rings is 1. The molecule has 0 atom stereocenters. The van der Waals surface area contributed by atoms with Crippen molar-refractivity contribution in [2.75, 3.05) is 36.0 Å². The van der Waals surface area contributed by atoms with Crippen molar-refractivity contribution in [2.24, 2.45) is 7.05 Å². The number of hydrogen-bond acceptors (Lipinski definition) is 6. The summed E-state index contributed by atoms with van der Waals surface area (Å²) in [4.78, 5) is 9.41. The third-order valence-electron chi connectivity index (χ3n) is 3.69. The summed E-state index contributed by atoms with van der Waals surface area (Å²) in [5, 5.41) is 5.29. The second-order valence-electron chi connectivity index (χ2n) is 6.50. The lowest BCUT2D eigenvalue weighted by Gasteiger charge is -2.34. The molecule has 1 aliphatic rings. The summed E-state index contributed by atoms with van der Waals surface area (Å²) in [6.07, 6.45) is 4.00. The highest BCUT2D eigenvalue weighted by molar-refractivity contribution is 7.09. The van der Waals surface area contributed by atoms with E-state index < -0.39 is 0 Å². The van der Waals surface area contributed by atoms with Gasteiger partial charge in [-0.25, -0.2) is 4.98 Å². The van der Waals surface area contributed by atoms with E-state index in [9.17, 15) is 0 Å². The highest BCUT2D eigenvalue weighted by Crippen LogP contribution is 2.26. The average molecular weight is 306 g/mol. The zero-order chi connectivity index (χ0) is 15.0. The molecule has 3 heterocycles. The average Bonchev–Trinajstić information content (AvgIpc) is 3.07. The van der Waals surface area contributed by atoms with Gasteiger partial charge in [-0.15, -0.1) is 0 Å². The molecule has 0 spiro atoms. The minimum atomic E-state index is 0.0201. The maximum atomic E-state index is 4.71. The van der Waals surface area contributed by atoms with Gasteiger partial charge in [0.05, 0.1) is 11.9 Å². The molecule has 0 amide bonds. The quantitative estimate of drug-likeness (QED) is 0.848. The minimum Gasteiger partial charge on any atom is -0.365 e. The molecule has 0 N–H and O–H groups in total. The Hall–Kier alpha value is -1.63. The molecular weight excluding hydrogens is 284 g/mol. The predicted molar refractivity (Wildman–Crippen MR) is 86.2 cm³/mol. The van der Waals surface area contributed by atoms with E-state index in [1.165, 1.54) is 17.2 Å². The molecule has 1 saturated heterocycles. The van der Waals surface area contributed by atoms with Gasteiger partial charge in [-0.05, 0) is 0 Å². The van der Waals surface area contributed by atoms with E-state index in [0.717, 1.165) is 37.1 Å². The number of anilines is 2. The minimum absolute atomic E-state index is 0.0201. The summed E-state index contributed by atoms with van der Waals surface area (Å²) in [6, 6.07) is 0. The molecule has 0 radical (unpaired) electrons. The summed E-state index contributed by atoms with van der Waals surface area (Å²) in [6.45, 7) is 10.4. The largest absolute Gasteiger partial charge is 0.365 e. The molecule has 0 aliphatic carbocycles. The molecule has 2 aromatic heterocycles. The van der Waals surface area contributed by atoms with Crippen LogP contribution >= 0.6 is 11.5 Å². The Balaban J connectivity index is 1.64. The lowest BCUT2D eigenvalue weighted by molar-refractivity contribution is 0.553. The molecule has 0 unspecified atom stereocenters. The van der Waals surface area contributed by atoms with Gasteiger partial charge < -0.3 is 9.80 Å². The van der Waals surface area contributed by atoms with Crippen molar-refractivity contribution < 1.29 is 0 Å². The van der Waals surface area contributed by atoms with Crippen LogP contribution in [0, 0.1) is 0 Å². The molecule has 0 bridgehead atoms. The van der Waals surface area contributed by atoms with Gasteiger partial charge in [0.25, 0.3) is 0 Å². The van der Waals surface area contributed by atoms with E-state index in [4.69, 9.17) is 4.98 Å². The first-order chi connectivity index (χ1) is 9.93. The van der Waals surface area contributed by atoms with Crippen LogP contribution < -0.4 is 9.80 Å². The van der Waals surface area contributed by atoms with Crippen LogP contribution in [0.5, 0.6) is 0 Å². The van der Waals surface area contributed by atoms with Crippen LogP contribution in [0.4, 0.5) is 10.8 Å². The van der Waals surface area contributed by atoms with Gasteiger partial charge in [0.1, 0.15) is 5.82 Å². The smallest absolute Gasteiger partial charge is 0.205 e. The Bertz CT molecular complexity index is 603. The molecule has 1 aliphatic heterocycles. The molecule has 0 saturated carbocycles. The second kappa shape index (κ2) is 5.29. The second-order valence-corrected chi connectivity index (χ2v) is 7.23. The normalized spacial score (nSPS) is 16.6. The van der Waals surface area contributed by atoms with Crippen LogP contribution in [0.15, 0.2) is 12.4 Å². The van der Waals surface area contributed by atoms with Crippen molar-refractivity contribution in [1.82, 2.24) is 19.1 Å². The first kappa shape index (κ1) is 14.3. The maximum Gasteiger partial charge on any atom is 0.205 e. The van der Waals surface area contributed by atoms with Crippen molar-refractivity contribution in [3.05, 3.63) is 18.2 Å². The van der Waals surface area contributed by atoms with Gasteiger partial charge in [0, 0.05) is 56.4 Å². The van der Waals surface area contributed by atoms with E-state index in [0.29, 0.717) is 0 Å². The van der Waals surface area contributed by atoms with Crippen LogP contribution in [0.25, 0.3) is 0 Å². The zero-order valence-electron chi connectivity index (χ0n) is 13.1. The fourth-order valence-corrected chi connectivity index (χ4v) is 3.28. The van der Waals surface area contributed by atoms with E-state index in [-0.39, 0.29) is 5.41 Å². The van der Waals surface area contributed by atoms with Crippen LogP contribution in [-0.4, -0.2) is 45.3 Å². The number of nitrogens with zero attached hydrogens (tertiary/aromatic N) is 6. The molecule has 1 fully saturated rings. The van der Waals surface area contributed by atoms with Gasteiger partial charge in [0.2, 0.25) is 5.13 Å². The van der Waals surface area contributed by atoms with Crippen LogP contribution in [0.1, 0.15) is 26.6 Å². The van der Waals surface area contributed by atoms with Gasteiger partial charge in [-0.3, -0.25) is 4.68 Å². The van der Waals surface area contributed by atoms with Crippen LogP contribution in [0.3, 0.4) is 0 Å². The summed E-state index contributed by atoms with van der Waals surface area (Å²) < 4.78 is 6.35. The lowest BCUT2D eigenvalue weighted by atomic mass is 9.96. The van der Waals surface area contributed by atoms with E-state index in [1.807, 2.05) is 17.9 Å². The Labute approximate surface area is 129 Å². The first-order valence-corrected chi connectivity index (χ1v) is 8.03. The monoisotopic (exact) mass is 306 g/mol. The molecule has 6 nitrogen and oxygen atoms in total. The third kappa shape index (κ3) is 3.02. The Morgan fingerprint density at radius 1 is 1.10 bits per heavy atom. The molecule has 7 heteroatoms. The van der Waals surface area contributed by atoms with Crippen molar-refractivity contribution in [2.45, 2.75) is 26.2 Å². The molecular formula is C14H22N6S. The molecule has 2 aromatic rings. The molecule has 114 valence electrons. The Kier molecular flexibility index (Phi) is 3.61. The number of aromatic nitrogens is 4. The fraction of sp³-hybridized carbons (Fsp3) is 0.643. The number of hydrogen-bond donors (Lipinski definition) is 0. The highest BCUT2D eigenvalue weighted by atomic mass is 32.1. The van der Waals surface area contributed by atoms with Crippen LogP contribution in [-0.2, 0) is 12.5 Å². The molecule has 0 aromatic carbocycles. The van der Waals surface area contributed by atoms with Crippen molar-refractivity contribution in [1.29, 1.82) is 0 Å². The van der Waals surface area contributed by atoms with E-state index in [1.54, 1.807) is 0 Å². The van der Waals surface area contributed by atoms with Gasteiger partial charge in [-0.2, -0.15) is 9.47 Å². The standard InChI is InChI=1S/C14H22N6S/c1-14(2,3)12-16-13(21-17-12)20-7-5-19(6-8-20)11-9-15-18(4)10-11/h9-10H,5-8H2,1-4H3. The summed E-state index contributed by atoms with van der Waals surface area (Å²) in [5.41, 5.74) is 1.22. The topological polar surface area (TPSA) is 50.1 Å². The SMILES string of the molecule is Cn1cc(N2CCN(c3nc(C(C)(C)C)ns3)CC2)cn1. The Morgan fingerprint density at radius 2 is 1.76 bits per heavy atom. The van der Waals surface area contributed by atoms with Crippen molar-refractivity contribution >= 4 is 22.4 Å². The third-order valence-corrected chi connectivity index (χ3v) is 4.47. The number of aryl methyl sites for hydroxylation is 1. The Morgan fingerprint density at radius 3 is 2.29 bits per heavy atom. The zero-order valence-corrected chi connectivity index (χ0v) is 13.9. The van der Waals surface area contributed by atoms with Crippen molar-refractivity contribution in [3.8, 4) is 0 Å². The van der Waals surface area contributed by atoms with Gasteiger partial charge >= 0.3 is 0 Å². The summed E-state index contributed by atoms with van der Waals surface area (Å²) in [5.74, 6) is 0.942. The van der Waals surface area contributed by atoms with Gasteiger partial charge in [0.15, 0.2) is 0 Å². The lowest BCUT2D eigenvalue weighted by Crippen LogP contribution is -2.46. The van der Waals surface area contributed by atoms with Crippen molar-refractivity contribution in [3.63, 3.8) is 0 Å². The van der Waals surface area contributed by atoms with Crippen LogP contribution in [0.2, 0.25) is 0 Å². The summed E-state index contributed by atoms with van der Waals surface area (Å²) in [7, 11) is 1.95. The van der Waals surface area contributed by atoms with E-state index in [2.05, 4.69) is 46.2 Å². The van der Waals surface area contributed by atoms with Gasteiger partial charge in [-0.1, -0.05) is 20.8 Å². The number of rotatable bonds is 2. The highest BCUT2D eigenvalue weighted by Gasteiger charge is 2.24. The fourth-order valence-electron chi connectivity index (χ4n) is 2.38.